The summed E-state index contributed by atoms with van der Waals surface area (Å²) in [4.78, 5) is 15.4. The normalized spacial score (nSPS) is 21.2. The Hall–Kier alpha value is -0.420. The fourth-order valence-electron chi connectivity index (χ4n) is 2.71. The minimum atomic E-state index is -0.992. The lowest BCUT2D eigenvalue weighted by molar-refractivity contribution is -0.503. The summed E-state index contributed by atoms with van der Waals surface area (Å²) in [7, 11) is 0. The van der Waals surface area contributed by atoms with Crippen LogP contribution in [-0.4, -0.2) is 17.7 Å². The first-order chi connectivity index (χ1) is 10.2. The molecule has 0 atom stereocenters. The quantitative estimate of drug-likeness (QED) is 0.235. The number of hydrogen-bond acceptors (Lipinski definition) is 4. The molecule has 1 rings (SSSR count). The van der Waals surface area contributed by atoms with Crippen molar-refractivity contribution in [3.63, 3.8) is 0 Å². The van der Waals surface area contributed by atoms with Gasteiger partial charge in [0.05, 0.1) is 6.61 Å². The highest BCUT2D eigenvalue weighted by molar-refractivity contribution is 4.86. The van der Waals surface area contributed by atoms with Gasteiger partial charge in [-0.05, 0) is 26.2 Å². The topological polar surface area (TPSA) is 47.9 Å². The van der Waals surface area contributed by atoms with E-state index >= 15 is 0 Å². The van der Waals surface area contributed by atoms with Gasteiger partial charge in [-0.1, -0.05) is 50.5 Å². The Balaban J connectivity index is 2.44. The molecule has 0 radical (unpaired) electrons. The summed E-state index contributed by atoms with van der Waals surface area (Å²) >= 11 is 0. The van der Waals surface area contributed by atoms with Crippen molar-refractivity contribution in [3.05, 3.63) is 12.2 Å². The molecule has 0 aliphatic heterocycles. The Morgan fingerprint density at radius 3 is 1.86 bits per heavy atom. The highest BCUT2D eigenvalue weighted by Crippen LogP contribution is 2.29. The lowest BCUT2D eigenvalue weighted by atomic mass is 9.97. The number of hydrogen-bond donors (Lipinski definition) is 1. The smallest absolute Gasteiger partial charge is 0.233 e. The zero-order chi connectivity index (χ0) is 15.4. The van der Waals surface area contributed by atoms with E-state index < -0.39 is 5.79 Å². The Morgan fingerprint density at radius 1 is 0.952 bits per heavy atom. The van der Waals surface area contributed by atoms with Gasteiger partial charge in [-0.15, -0.1) is 6.58 Å². The molecule has 1 N–H and O–H groups in total. The average molecular weight is 300 g/mol. The van der Waals surface area contributed by atoms with Crippen molar-refractivity contribution in [1.82, 2.24) is 0 Å². The Bertz CT molecular complexity index is 266. The summed E-state index contributed by atoms with van der Waals surface area (Å²) in [5.74, 6) is -0.992. The van der Waals surface area contributed by atoms with Crippen molar-refractivity contribution in [2.45, 2.75) is 89.8 Å². The van der Waals surface area contributed by atoms with Gasteiger partial charge >= 0.3 is 0 Å². The summed E-state index contributed by atoms with van der Waals surface area (Å²) in [5.41, 5.74) is 1.05. The molecule has 1 fully saturated rings. The second kappa shape index (κ2) is 11.2. The van der Waals surface area contributed by atoms with E-state index in [1.54, 1.807) is 0 Å². The van der Waals surface area contributed by atoms with Crippen LogP contribution < -0.4 is 0 Å². The van der Waals surface area contributed by atoms with Crippen molar-refractivity contribution in [2.75, 3.05) is 6.61 Å². The largest absolute Gasteiger partial charge is 0.249 e. The molecule has 0 amide bonds. The van der Waals surface area contributed by atoms with Crippen LogP contribution in [0.2, 0.25) is 0 Å². The third-order valence-electron chi connectivity index (χ3n) is 4.10. The summed E-state index contributed by atoms with van der Waals surface area (Å²) in [6.45, 7) is 6.23. The molecule has 1 saturated carbocycles. The predicted octanol–water partition coefficient (Wildman–Crippen LogP) is 5.39. The van der Waals surface area contributed by atoms with E-state index in [9.17, 15) is 5.26 Å². The van der Waals surface area contributed by atoms with Crippen LogP contribution in [0.3, 0.4) is 0 Å². The first-order valence-corrected chi connectivity index (χ1v) is 8.46. The Labute approximate surface area is 129 Å². The second-order valence-electron chi connectivity index (χ2n) is 6.30. The van der Waals surface area contributed by atoms with Gasteiger partial charge in [0.2, 0.25) is 5.79 Å². The first-order valence-electron chi connectivity index (χ1n) is 8.46. The molecular weight excluding hydrogens is 268 g/mol. The maximum absolute atomic E-state index is 9.33. The van der Waals surface area contributed by atoms with Crippen molar-refractivity contribution < 1.29 is 19.9 Å². The second-order valence-corrected chi connectivity index (χ2v) is 6.30. The van der Waals surface area contributed by atoms with E-state index in [-0.39, 0.29) is 0 Å². The fraction of sp³-hybridized carbons (Fsp3) is 0.882. The molecule has 1 aliphatic rings. The van der Waals surface area contributed by atoms with Gasteiger partial charge in [-0.25, -0.2) is 15.0 Å². The highest BCUT2D eigenvalue weighted by Gasteiger charge is 2.33. The molecule has 1 aliphatic carbocycles. The van der Waals surface area contributed by atoms with E-state index in [0.29, 0.717) is 19.4 Å². The molecule has 0 spiro atoms. The van der Waals surface area contributed by atoms with E-state index in [2.05, 4.69) is 6.58 Å². The standard InChI is InChI=1S/C17H32O4/c1-16(2)12-15-19-21-17(20-18)13-10-8-6-4-3-5-7-9-11-14-17/h18H,1,3-15H2,2H3. The van der Waals surface area contributed by atoms with Gasteiger partial charge in [-0.2, -0.15) is 4.89 Å². The van der Waals surface area contributed by atoms with E-state index in [1.165, 1.54) is 32.1 Å². The van der Waals surface area contributed by atoms with Crippen LogP contribution in [0.5, 0.6) is 0 Å². The van der Waals surface area contributed by atoms with Gasteiger partial charge in [0.25, 0.3) is 0 Å². The molecule has 21 heavy (non-hydrogen) atoms. The third-order valence-corrected chi connectivity index (χ3v) is 4.10. The molecule has 0 aromatic rings. The SMILES string of the molecule is C=C(C)CCOOC1(OO)CCCCCCCCCCC1. The van der Waals surface area contributed by atoms with Crippen LogP contribution in [0, 0.1) is 0 Å². The van der Waals surface area contributed by atoms with Crippen LogP contribution in [0.15, 0.2) is 12.2 Å². The molecule has 4 nitrogen and oxygen atoms in total. The summed E-state index contributed by atoms with van der Waals surface area (Å²) < 4.78 is 0. The lowest BCUT2D eigenvalue weighted by Gasteiger charge is -2.29. The minimum Gasteiger partial charge on any atom is -0.249 e. The first kappa shape index (κ1) is 18.6. The maximum atomic E-state index is 9.33. The fourth-order valence-corrected chi connectivity index (χ4v) is 2.71. The monoisotopic (exact) mass is 300 g/mol. The lowest BCUT2D eigenvalue weighted by Crippen LogP contribution is -2.35. The van der Waals surface area contributed by atoms with Crippen molar-refractivity contribution in [3.8, 4) is 0 Å². The molecule has 0 aromatic heterocycles. The molecule has 4 heteroatoms. The molecular formula is C17H32O4. The van der Waals surface area contributed by atoms with Gasteiger partial charge in [-0.3, -0.25) is 0 Å². The van der Waals surface area contributed by atoms with Crippen LogP contribution in [0.1, 0.15) is 84.0 Å². The Kier molecular flexibility index (Phi) is 9.92. The maximum Gasteiger partial charge on any atom is 0.233 e. The summed E-state index contributed by atoms with van der Waals surface area (Å²) in [6, 6.07) is 0. The van der Waals surface area contributed by atoms with Crippen LogP contribution in [-0.2, 0) is 14.7 Å². The molecule has 0 aromatic carbocycles. The summed E-state index contributed by atoms with van der Waals surface area (Å²) in [5, 5.41) is 9.33. The average Bonchev–Trinajstić information content (AvgIpc) is 2.46. The van der Waals surface area contributed by atoms with E-state index in [0.717, 1.165) is 37.7 Å². The van der Waals surface area contributed by atoms with Crippen molar-refractivity contribution in [1.29, 1.82) is 0 Å². The van der Waals surface area contributed by atoms with Crippen LogP contribution in [0.4, 0.5) is 0 Å². The van der Waals surface area contributed by atoms with Gasteiger partial charge < -0.3 is 0 Å². The zero-order valence-electron chi connectivity index (χ0n) is 13.6. The minimum absolute atomic E-state index is 0.445. The molecule has 0 unspecified atom stereocenters. The molecule has 0 heterocycles. The van der Waals surface area contributed by atoms with E-state index in [4.69, 9.17) is 14.7 Å². The van der Waals surface area contributed by atoms with E-state index in [1.807, 2.05) is 6.92 Å². The van der Waals surface area contributed by atoms with Crippen LogP contribution >= 0.6 is 0 Å². The third kappa shape index (κ3) is 8.57. The molecule has 124 valence electrons. The van der Waals surface area contributed by atoms with Crippen LogP contribution in [0.25, 0.3) is 0 Å². The molecule has 0 bridgehead atoms. The van der Waals surface area contributed by atoms with Crippen molar-refractivity contribution >= 4 is 0 Å². The van der Waals surface area contributed by atoms with Gasteiger partial charge in [0.1, 0.15) is 0 Å². The Morgan fingerprint density at radius 2 is 1.43 bits per heavy atom. The van der Waals surface area contributed by atoms with Gasteiger partial charge in [0.15, 0.2) is 0 Å². The number of rotatable bonds is 6. The summed E-state index contributed by atoms with van der Waals surface area (Å²) in [6.07, 6.45) is 12.9. The molecule has 0 saturated heterocycles. The van der Waals surface area contributed by atoms with Gasteiger partial charge in [0, 0.05) is 12.8 Å². The zero-order valence-corrected chi connectivity index (χ0v) is 13.6. The highest BCUT2D eigenvalue weighted by atomic mass is 17.3. The predicted molar refractivity (Wildman–Crippen MR) is 83.7 cm³/mol. The van der Waals surface area contributed by atoms with Crippen molar-refractivity contribution in [2.24, 2.45) is 0 Å².